The quantitative estimate of drug-likeness (QED) is 0.764. The molecule has 2 aromatic rings. The van der Waals surface area contributed by atoms with Crippen molar-refractivity contribution in [3.05, 3.63) is 51.7 Å². The molecule has 0 bridgehead atoms. The second-order valence-corrected chi connectivity index (χ2v) is 8.80. The highest BCUT2D eigenvalue weighted by Crippen LogP contribution is 2.25. The number of hydrogen-bond donors (Lipinski definition) is 1. The van der Waals surface area contributed by atoms with Crippen LogP contribution in [0.2, 0.25) is 0 Å². The standard InChI is InChI=1S/C23H30N2O3S/c1-15(2)18-6-5-16(3)21(13-18)28-17(4)23(27)25-10-7-20(8-11-25)24-22(26)19-9-12-29-14-19/h5-6,9,12-15,17,20H,7-8,10-11H2,1-4H3,(H,24,26). The lowest BCUT2D eigenvalue weighted by Crippen LogP contribution is -2.49. The van der Waals surface area contributed by atoms with Crippen LogP contribution in [-0.2, 0) is 4.79 Å². The van der Waals surface area contributed by atoms with Crippen molar-refractivity contribution >= 4 is 23.2 Å². The molecule has 1 fully saturated rings. The molecule has 3 rings (SSSR count). The first-order valence-electron chi connectivity index (χ1n) is 10.2. The molecule has 156 valence electrons. The number of carbonyl (C=O) groups excluding carboxylic acids is 2. The topological polar surface area (TPSA) is 58.6 Å². The minimum atomic E-state index is -0.534. The van der Waals surface area contributed by atoms with E-state index in [9.17, 15) is 9.59 Å². The van der Waals surface area contributed by atoms with Crippen LogP contribution in [0.15, 0.2) is 35.0 Å². The molecule has 0 aliphatic carbocycles. The third-order valence-electron chi connectivity index (χ3n) is 5.46. The molecule has 1 aromatic heterocycles. The van der Waals surface area contributed by atoms with Crippen molar-refractivity contribution < 1.29 is 14.3 Å². The Kier molecular flexibility index (Phi) is 6.96. The van der Waals surface area contributed by atoms with E-state index < -0.39 is 6.10 Å². The molecule has 2 heterocycles. The van der Waals surface area contributed by atoms with Crippen molar-refractivity contribution in [2.75, 3.05) is 13.1 Å². The van der Waals surface area contributed by atoms with E-state index in [2.05, 4.69) is 25.2 Å². The first-order chi connectivity index (χ1) is 13.8. The monoisotopic (exact) mass is 414 g/mol. The smallest absolute Gasteiger partial charge is 0.263 e. The summed E-state index contributed by atoms with van der Waals surface area (Å²) in [6.45, 7) is 9.36. The predicted molar refractivity (Wildman–Crippen MR) is 117 cm³/mol. The predicted octanol–water partition coefficient (Wildman–Crippen LogP) is 4.37. The zero-order chi connectivity index (χ0) is 21.0. The van der Waals surface area contributed by atoms with Gasteiger partial charge >= 0.3 is 0 Å². The van der Waals surface area contributed by atoms with Crippen LogP contribution in [0.4, 0.5) is 0 Å². The van der Waals surface area contributed by atoms with Gasteiger partial charge in [0.1, 0.15) is 5.75 Å². The number of likely N-dealkylation sites (tertiary alicyclic amines) is 1. The summed E-state index contributed by atoms with van der Waals surface area (Å²) in [6.07, 6.45) is 0.986. The van der Waals surface area contributed by atoms with Crippen LogP contribution in [-0.4, -0.2) is 41.9 Å². The minimum absolute atomic E-state index is 0.00182. The number of thiophene rings is 1. The highest BCUT2D eigenvalue weighted by atomic mass is 32.1. The van der Waals surface area contributed by atoms with Gasteiger partial charge in [0.2, 0.25) is 0 Å². The number of piperidine rings is 1. The van der Waals surface area contributed by atoms with Crippen LogP contribution in [0.25, 0.3) is 0 Å². The average molecular weight is 415 g/mol. The number of nitrogens with one attached hydrogen (secondary N) is 1. The fraction of sp³-hybridized carbons (Fsp3) is 0.478. The lowest BCUT2D eigenvalue weighted by atomic mass is 10.0. The van der Waals surface area contributed by atoms with Crippen LogP contribution < -0.4 is 10.1 Å². The van der Waals surface area contributed by atoms with Crippen molar-refractivity contribution in [1.82, 2.24) is 10.2 Å². The first kappa shape index (κ1) is 21.4. The van der Waals surface area contributed by atoms with Gasteiger partial charge in [-0.15, -0.1) is 0 Å². The zero-order valence-electron chi connectivity index (χ0n) is 17.6. The van der Waals surface area contributed by atoms with Gasteiger partial charge in [0.25, 0.3) is 11.8 Å². The first-order valence-corrected chi connectivity index (χ1v) is 11.2. The summed E-state index contributed by atoms with van der Waals surface area (Å²) < 4.78 is 6.03. The largest absolute Gasteiger partial charge is 0.481 e. The summed E-state index contributed by atoms with van der Waals surface area (Å²) in [7, 11) is 0. The SMILES string of the molecule is Cc1ccc(C(C)C)cc1OC(C)C(=O)N1CCC(NC(=O)c2ccsc2)CC1. The van der Waals surface area contributed by atoms with Crippen LogP contribution >= 0.6 is 11.3 Å². The molecule has 29 heavy (non-hydrogen) atoms. The summed E-state index contributed by atoms with van der Waals surface area (Å²) >= 11 is 1.51. The molecule has 0 radical (unpaired) electrons. The molecular weight excluding hydrogens is 384 g/mol. The Morgan fingerprint density at radius 1 is 1.17 bits per heavy atom. The Morgan fingerprint density at radius 2 is 1.90 bits per heavy atom. The highest BCUT2D eigenvalue weighted by Gasteiger charge is 2.28. The zero-order valence-corrected chi connectivity index (χ0v) is 18.4. The van der Waals surface area contributed by atoms with Crippen LogP contribution in [0.1, 0.15) is 61.0 Å². The van der Waals surface area contributed by atoms with Crippen LogP contribution in [0.5, 0.6) is 5.75 Å². The van der Waals surface area contributed by atoms with Gasteiger partial charge in [-0.05, 0) is 61.2 Å². The van der Waals surface area contributed by atoms with Gasteiger partial charge in [-0.1, -0.05) is 26.0 Å². The molecule has 5 nitrogen and oxygen atoms in total. The third kappa shape index (κ3) is 5.38. The molecular formula is C23H30N2O3S. The second-order valence-electron chi connectivity index (χ2n) is 8.02. The van der Waals surface area contributed by atoms with E-state index in [1.807, 2.05) is 47.7 Å². The van der Waals surface area contributed by atoms with E-state index in [1.54, 1.807) is 0 Å². The average Bonchev–Trinajstić information content (AvgIpc) is 3.24. The molecule has 0 saturated carbocycles. The molecule has 1 unspecified atom stereocenters. The van der Waals surface area contributed by atoms with E-state index in [-0.39, 0.29) is 17.9 Å². The maximum atomic E-state index is 12.9. The van der Waals surface area contributed by atoms with Gasteiger partial charge in [0, 0.05) is 30.1 Å². The van der Waals surface area contributed by atoms with E-state index in [0.717, 1.165) is 24.2 Å². The van der Waals surface area contributed by atoms with E-state index in [1.165, 1.54) is 16.9 Å². The Morgan fingerprint density at radius 3 is 2.52 bits per heavy atom. The van der Waals surface area contributed by atoms with Gasteiger partial charge in [-0.2, -0.15) is 11.3 Å². The summed E-state index contributed by atoms with van der Waals surface area (Å²) in [5.41, 5.74) is 2.94. The summed E-state index contributed by atoms with van der Waals surface area (Å²) in [5.74, 6) is 1.15. The number of benzene rings is 1. The van der Waals surface area contributed by atoms with Gasteiger partial charge in [-0.3, -0.25) is 9.59 Å². The summed E-state index contributed by atoms with van der Waals surface area (Å²) in [6, 6.07) is 8.12. The summed E-state index contributed by atoms with van der Waals surface area (Å²) in [5, 5.41) is 6.82. The Labute approximate surface area is 177 Å². The molecule has 1 N–H and O–H groups in total. The molecule has 2 amide bonds. The number of hydrogen-bond acceptors (Lipinski definition) is 4. The van der Waals surface area contributed by atoms with Crippen molar-refractivity contribution in [2.45, 2.75) is 58.6 Å². The lowest BCUT2D eigenvalue weighted by Gasteiger charge is -2.34. The number of amides is 2. The maximum Gasteiger partial charge on any atom is 0.263 e. The van der Waals surface area contributed by atoms with Gasteiger partial charge in [-0.25, -0.2) is 0 Å². The number of ether oxygens (including phenoxy) is 1. The molecule has 1 aromatic carbocycles. The van der Waals surface area contributed by atoms with Crippen molar-refractivity contribution in [2.24, 2.45) is 0 Å². The number of nitrogens with zero attached hydrogens (tertiary/aromatic N) is 1. The van der Waals surface area contributed by atoms with E-state index >= 15 is 0 Å². The van der Waals surface area contributed by atoms with Crippen LogP contribution in [0.3, 0.4) is 0 Å². The molecule has 0 spiro atoms. The van der Waals surface area contributed by atoms with Crippen molar-refractivity contribution in [1.29, 1.82) is 0 Å². The number of carbonyl (C=O) groups is 2. The number of rotatable bonds is 6. The molecule has 1 atom stereocenters. The van der Waals surface area contributed by atoms with E-state index in [0.29, 0.717) is 24.6 Å². The second kappa shape index (κ2) is 9.44. The Balaban J connectivity index is 1.52. The molecule has 1 aliphatic rings. The Hall–Kier alpha value is -2.34. The molecule has 1 saturated heterocycles. The lowest BCUT2D eigenvalue weighted by molar-refractivity contribution is -0.139. The van der Waals surface area contributed by atoms with E-state index in [4.69, 9.17) is 4.74 Å². The fourth-order valence-corrected chi connectivity index (χ4v) is 4.14. The molecule has 6 heteroatoms. The third-order valence-corrected chi connectivity index (χ3v) is 6.14. The van der Waals surface area contributed by atoms with Crippen molar-refractivity contribution in [3.63, 3.8) is 0 Å². The fourth-order valence-electron chi connectivity index (χ4n) is 3.51. The highest BCUT2D eigenvalue weighted by molar-refractivity contribution is 7.08. The summed E-state index contributed by atoms with van der Waals surface area (Å²) in [4.78, 5) is 26.9. The van der Waals surface area contributed by atoms with Gasteiger partial charge in [0.05, 0.1) is 0 Å². The maximum absolute atomic E-state index is 12.9. The van der Waals surface area contributed by atoms with Crippen LogP contribution in [0, 0.1) is 6.92 Å². The molecule has 1 aliphatic heterocycles. The van der Waals surface area contributed by atoms with Crippen molar-refractivity contribution in [3.8, 4) is 5.75 Å². The number of aryl methyl sites for hydroxylation is 1. The Bertz CT molecular complexity index is 840. The van der Waals surface area contributed by atoms with Gasteiger partial charge < -0.3 is 15.0 Å². The van der Waals surface area contributed by atoms with Gasteiger partial charge in [0.15, 0.2) is 6.10 Å². The normalized spacial score (nSPS) is 16.0. The minimum Gasteiger partial charge on any atom is -0.481 e.